The number of nitrogens with zero attached hydrogens (tertiary/aromatic N) is 2. The minimum absolute atomic E-state index is 0.0452. The molecule has 1 amide bonds. The van der Waals surface area contributed by atoms with Crippen molar-refractivity contribution >= 4 is 22.5 Å². The molecule has 1 aliphatic heterocycles. The van der Waals surface area contributed by atoms with Crippen molar-refractivity contribution in [2.45, 2.75) is 19.4 Å². The van der Waals surface area contributed by atoms with Crippen LogP contribution in [0.1, 0.15) is 13.8 Å². The first-order valence-corrected chi connectivity index (χ1v) is 6.37. The van der Waals surface area contributed by atoms with Gasteiger partial charge in [-0.2, -0.15) is 0 Å². The van der Waals surface area contributed by atoms with E-state index in [0.29, 0.717) is 11.4 Å². The Kier molecular flexibility index (Phi) is 1.82. The number of hydrogen-bond donors (Lipinski definition) is 1. The molecular formula is C14H13N3O2. The minimum atomic E-state index is -0.687. The average Bonchev–Trinajstić information content (AvgIpc) is 2.92. The van der Waals surface area contributed by atoms with E-state index in [-0.39, 0.29) is 17.7 Å². The van der Waals surface area contributed by atoms with Crippen molar-refractivity contribution in [3.05, 3.63) is 24.7 Å². The van der Waals surface area contributed by atoms with Crippen LogP contribution in [0.15, 0.2) is 24.7 Å². The SMILES string of the molecule is CC1C(C)C12Oc1cc3ncncc3cc1NC2=O. The molecule has 2 atom stereocenters. The Hall–Kier alpha value is -2.17. The van der Waals surface area contributed by atoms with Gasteiger partial charge >= 0.3 is 0 Å². The van der Waals surface area contributed by atoms with Crippen molar-refractivity contribution in [3.63, 3.8) is 0 Å². The first-order chi connectivity index (χ1) is 9.13. The molecule has 1 saturated carbocycles. The molecule has 5 nitrogen and oxygen atoms in total. The Morgan fingerprint density at radius 3 is 2.84 bits per heavy atom. The number of fused-ring (bicyclic) bond motifs is 2. The van der Waals surface area contributed by atoms with Crippen LogP contribution in [0.3, 0.4) is 0 Å². The van der Waals surface area contributed by atoms with Crippen molar-refractivity contribution in [2.24, 2.45) is 11.8 Å². The van der Waals surface area contributed by atoms with Crippen LogP contribution in [0.25, 0.3) is 10.9 Å². The minimum Gasteiger partial charge on any atom is -0.475 e. The van der Waals surface area contributed by atoms with Crippen molar-refractivity contribution in [3.8, 4) is 5.75 Å². The number of carbonyl (C=O) groups excluding carboxylic acids is 1. The van der Waals surface area contributed by atoms with Gasteiger partial charge in [-0.25, -0.2) is 9.97 Å². The van der Waals surface area contributed by atoms with Crippen molar-refractivity contribution in [2.75, 3.05) is 5.32 Å². The molecule has 0 saturated heterocycles. The molecule has 1 N–H and O–H groups in total. The van der Waals surface area contributed by atoms with Gasteiger partial charge in [-0.15, -0.1) is 0 Å². The lowest BCUT2D eigenvalue weighted by Crippen LogP contribution is -2.41. The maximum Gasteiger partial charge on any atom is 0.269 e. The summed E-state index contributed by atoms with van der Waals surface area (Å²) in [5.41, 5.74) is 0.832. The lowest BCUT2D eigenvalue weighted by molar-refractivity contribution is -0.126. The van der Waals surface area contributed by atoms with Gasteiger partial charge in [-0.1, -0.05) is 13.8 Å². The summed E-state index contributed by atoms with van der Waals surface area (Å²) in [5.74, 6) is 1.13. The third kappa shape index (κ3) is 1.22. The monoisotopic (exact) mass is 255 g/mol. The summed E-state index contributed by atoms with van der Waals surface area (Å²) in [4.78, 5) is 20.4. The molecule has 5 heteroatoms. The molecule has 96 valence electrons. The molecule has 1 aliphatic carbocycles. The van der Waals surface area contributed by atoms with Gasteiger partial charge in [0.15, 0.2) is 5.60 Å². The number of amides is 1. The number of nitrogens with one attached hydrogen (secondary N) is 1. The van der Waals surface area contributed by atoms with Crippen LogP contribution in [0, 0.1) is 11.8 Å². The molecule has 1 fully saturated rings. The smallest absolute Gasteiger partial charge is 0.269 e. The van der Waals surface area contributed by atoms with Crippen LogP contribution in [-0.2, 0) is 4.79 Å². The Morgan fingerprint density at radius 2 is 2.11 bits per heavy atom. The topological polar surface area (TPSA) is 64.1 Å². The van der Waals surface area contributed by atoms with E-state index in [0.717, 1.165) is 10.9 Å². The number of carbonyl (C=O) groups is 1. The highest BCUT2D eigenvalue weighted by Crippen LogP contribution is 2.56. The fourth-order valence-corrected chi connectivity index (χ4v) is 2.98. The lowest BCUT2D eigenvalue weighted by Gasteiger charge is -2.27. The molecular weight excluding hydrogens is 242 g/mol. The second kappa shape index (κ2) is 3.23. The second-order valence-electron chi connectivity index (χ2n) is 5.36. The Labute approximate surface area is 110 Å². The first-order valence-electron chi connectivity index (χ1n) is 6.37. The van der Waals surface area contributed by atoms with Crippen LogP contribution in [0.2, 0.25) is 0 Å². The van der Waals surface area contributed by atoms with Gasteiger partial charge in [0.1, 0.15) is 12.1 Å². The molecule has 0 radical (unpaired) electrons. The van der Waals surface area contributed by atoms with Gasteiger partial charge in [0.2, 0.25) is 0 Å². The summed E-state index contributed by atoms with van der Waals surface area (Å²) in [5, 5.41) is 3.83. The van der Waals surface area contributed by atoms with Crippen molar-refractivity contribution in [1.29, 1.82) is 0 Å². The summed E-state index contributed by atoms with van der Waals surface area (Å²) in [7, 11) is 0. The van der Waals surface area contributed by atoms with Crippen molar-refractivity contribution in [1.82, 2.24) is 9.97 Å². The highest BCUT2D eigenvalue weighted by molar-refractivity contribution is 6.05. The molecule has 1 spiro atoms. The molecule has 2 aliphatic rings. The van der Waals surface area contributed by atoms with Crippen LogP contribution in [0.4, 0.5) is 5.69 Å². The number of aromatic nitrogens is 2. The van der Waals surface area contributed by atoms with E-state index in [2.05, 4.69) is 15.3 Å². The first kappa shape index (κ1) is 10.7. The zero-order chi connectivity index (χ0) is 13.2. The summed E-state index contributed by atoms with van der Waals surface area (Å²) >= 11 is 0. The molecule has 1 aromatic carbocycles. The standard InChI is InChI=1S/C14H13N3O2/c1-7-8(2)14(7)13(18)17-11-3-9-5-15-6-16-10(9)4-12(11)19-14/h3-8H,1-2H3,(H,17,18). The van der Waals surface area contributed by atoms with Crippen LogP contribution in [0.5, 0.6) is 5.75 Å². The van der Waals surface area contributed by atoms with Gasteiger partial charge in [0.25, 0.3) is 5.91 Å². The van der Waals surface area contributed by atoms with Gasteiger partial charge in [-0.3, -0.25) is 4.79 Å². The number of hydrogen-bond acceptors (Lipinski definition) is 4. The predicted molar refractivity (Wildman–Crippen MR) is 69.9 cm³/mol. The molecule has 2 aromatic rings. The zero-order valence-corrected chi connectivity index (χ0v) is 10.7. The van der Waals surface area contributed by atoms with Crippen molar-refractivity contribution < 1.29 is 9.53 Å². The molecule has 2 heterocycles. The number of benzene rings is 1. The van der Waals surface area contributed by atoms with E-state index in [1.807, 2.05) is 26.0 Å². The molecule has 4 rings (SSSR count). The van der Waals surface area contributed by atoms with E-state index in [9.17, 15) is 4.79 Å². The molecule has 19 heavy (non-hydrogen) atoms. The second-order valence-corrected chi connectivity index (χ2v) is 5.36. The van der Waals surface area contributed by atoms with Crippen LogP contribution < -0.4 is 10.1 Å². The number of ether oxygens (including phenoxy) is 1. The fourth-order valence-electron chi connectivity index (χ4n) is 2.98. The van der Waals surface area contributed by atoms with E-state index in [1.54, 1.807) is 6.20 Å². The third-order valence-corrected chi connectivity index (χ3v) is 4.48. The molecule has 1 aromatic heterocycles. The van der Waals surface area contributed by atoms with E-state index < -0.39 is 5.60 Å². The van der Waals surface area contributed by atoms with Gasteiger partial charge in [-0.05, 0) is 6.07 Å². The highest BCUT2D eigenvalue weighted by atomic mass is 16.5. The van der Waals surface area contributed by atoms with E-state index in [4.69, 9.17) is 4.74 Å². The van der Waals surface area contributed by atoms with Gasteiger partial charge in [0, 0.05) is 29.5 Å². The molecule has 2 unspecified atom stereocenters. The fraction of sp³-hybridized carbons (Fsp3) is 0.357. The van der Waals surface area contributed by atoms with E-state index in [1.165, 1.54) is 6.33 Å². The predicted octanol–water partition coefficient (Wildman–Crippen LogP) is 1.99. The zero-order valence-electron chi connectivity index (χ0n) is 10.7. The summed E-state index contributed by atoms with van der Waals surface area (Å²) in [6, 6.07) is 3.72. The average molecular weight is 255 g/mol. The molecule has 0 bridgehead atoms. The number of anilines is 1. The Morgan fingerprint density at radius 1 is 1.32 bits per heavy atom. The maximum atomic E-state index is 12.2. The third-order valence-electron chi connectivity index (χ3n) is 4.48. The van der Waals surface area contributed by atoms with Gasteiger partial charge < -0.3 is 10.1 Å². The maximum absolute atomic E-state index is 12.2. The Bertz CT molecular complexity index is 705. The van der Waals surface area contributed by atoms with Crippen LogP contribution >= 0.6 is 0 Å². The summed E-state index contributed by atoms with van der Waals surface area (Å²) in [6.45, 7) is 4.08. The Balaban J connectivity index is 1.87. The number of rotatable bonds is 0. The van der Waals surface area contributed by atoms with E-state index >= 15 is 0 Å². The largest absolute Gasteiger partial charge is 0.475 e. The highest BCUT2D eigenvalue weighted by Gasteiger charge is 2.69. The summed E-state index contributed by atoms with van der Waals surface area (Å²) in [6.07, 6.45) is 3.23. The van der Waals surface area contributed by atoms with Gasteiger partial charge in [0.05, 0.1) is 11.2 Å². The quantitative estimate of drug-likeness (QED) is 0.781. The lowest BCUT2D eigenvalue weighted by atomic mass is 10.1. The summed E-state index contributed by atoms with van der Waals surface area (Å²) < 4.78 is 6.00. The van der Waals surface area contributed by atoms with Crippen LogP contribution in [-0.4, -0.2) is 21.5 Å². The normalized spacial score (nSPS) is 31.8.